The van der Waals surface area contributed by atoms with Crippen molar-refractivity contribution in [3.8, 4) is 11.5 Å². The van der Waals surface area contributed by atoms with Crippen molar-refractivity contribution in [2.24, 2.45) is 0 Å². The second kappa shape index (κ2) is 5.69. The van der Waals surface area contributed by atoms with Gasteiger partial charge in [0.05, 0.1) is 23.0 Å². The standard InChI is InChI=1S/C16H12N4O2S/c21-16(12-8-11(19-20-12)13-5-3-7-22-13)17-9-15-18-10-4-1-2-6-14(10)23-15/h1-8H,9H2,(H,17,21)(H,19,20). The minimum absolute atomic E-state index is 0.252. The van der Waals surface area contributed by atoms with Crippen molar-refractivity contribution in [2.45, 2.75) is 6.54 Å². The Morgan fingerprint density at radius 2 is 2.17 bits per heavy atom. The van der Waals surface area contributed by atoms with Crippen molar-refractivity contribution >= 4 is 27.5 Å². The third kappa shape index (κ3) is 2.74. The molecule has 0 fully saturated rings. The highest BCUT2D eigenvalue weighted by Crippen LogP contribution is 2.21. The number of carbonyl (C=O) groups excluding carboxylic acids is 1. The fourth-order valence-electron chi connectivity index (χ4n) is 2.24. The summed E-state index contributed by atoms with van der Waals surface area (Å²) in [4.78, 5) is 16.7. The van der Waals surface area contributed by atoms with Gasteiger partial charge in [0, 0.05) is 6.07 Å². The molecule has 1 amide bonds. The van der Waals surface area contributed by atoms with Gasteiger partial charge in [-0.2, -0.15) is 5.10 Å². The van der Waals surface area contributed by atoms with Crippen LogP contribution in [-0.4, -0.2) is 21.1 Å². The Hall–Kier alpha value is -2.93. The van der Waals surface area contributed by atoms with Gasteiger partial charge in [-0.3, -0.25) is 9.89 Å². The Morgan fingerprint density at radius 3 is 3.00 bits per heavy atom. The van der Waals surface area contributed by atoms with E-state index in [-0.39, 0.29) is 5.91 Å². The Kier molecular flexibility index (Phi) is 3.39. The quantitative estimate of drug-likeness (QED) is 0.604. The minimum atomic E-state index is -0.252. The number of carbonyl (C=O) groups is 1. The van der Waals surface area contributed by atoms with Gasteiger partial charge < -0.3 is 9.73 Å². The van der Waals surface area contributed by atoms with Crippen molar-refractivity contribution in [3.63, 3.8) is 0 Å². The molecule has 0 aliphatic heterocycles. The Morgan fingerprint density at radius 1 is 1.26 bits per heavy atom. The molecule has 0 radical (unpaired) electrons. The van der Waals surface area contributed by atoms with Crippen LogP contribution in [0.5, 0.6) is 0 Å². The first-order chi connectivity index (χ1) is 11.3. The SMILES string of the molecule is O=C(NCc1nc2ccccc2s1)c1cc(-c2ccco2)[nH]n1. The number of para-hydroxylation sites is 1. The minimum Gasteiger partial charge on any atom is -0.463 e. The predicted molar refractivity (Wildman–Crippen MR) is 87.1 cm³/mol. The number of nitrogens with zero attached hydrogens (tertiary/aromatic N) is 2. The summed E-state index contributed by atoms with van der Waals surface area (Å²) in [5.74, 6) is 0.390. The first-order valence-corrected chi connectivity index (χ1v) is 7.83. The maximum atomic E-state index is 12.2. The lowest BCUT2D eigenvalue weighted by Gasteiger charge is -1.98. The molecule has 0 saturated carbocycles. The highest BCUT2D eigenvalue weighted by molar-refractivity contribution is 7.18. The van der Waals surface area contributed by atoms with Crippen LogP contribution < -0.4 is 5.32 Å². The molecule has 4 rings (SSSR count). The predicted octanol–water partition coefficient (Wildman–Crippen LogP) is 3.21. The lowest BCUT2D eigenvalue weighted by Crippen LogP contribution is -2.23. The molecule has 4 aromatic rings. The molecule has 0 atom stereocenters. The number of H-pyrrole nitrogens is 1. The van der Waals surface area contributed by atoms with Crippen LogP contribution in [0.25, 0.3) is 21.7 Å². The molecule has 23 heavy (non-hydrogen) atoms. The van der Waals surface area contributed by atoms with E-state index in [9.17, 15) is 4.79 Å². The second-order valence-electron chi connectivity index (χ2n) is 4.90. The molecule has 0 aliphatic carbocycles. The summed E-state index contributed by atoms with van der Waals surface area (Å²) >= 11 is 1.57. The number of fused-ring (bicyclic) bond motifs is 1. The van der Waals surface area contributed by atoms with E-state index in [0.717, 1.165) is 15.2 Å². The molecular formula is C16H12N4O2S. The molecule has 114 valence electrons. The lowest BCUT2D eigenvalue weighted by molar-refractivity contribution is 0.0946. The van der Waals surface area contributed by atoms with Gasteiger partial charge in [-0.1, -0.05) is 12.1 Å². The van der Waals surface area contributed by atoms with Crippen LogP contribution in [0.15, 0.2) is 53.1 Å². The molecule has 0 aliphatic rings. The van der Waals surface area contributed by atoms with Gasteiger partial charge in [0.25, 0.3) is 5.91 Å². The number of hydrogen-bond donors (Lipinski definition) is 2. The maximum absolute atomic E-state index is 12.2. The van der Waals surface area contributed by atoms with Crippen LogP contribution in [0.3, 0.4) is 0 Å². The van der Waals surface area contributed by atoms with Gasteiger partial charge in [0.15, 0.2) is 11.5 Å². The Bertz CT molecular complexity index is 922. The first kappa shape index (κ1) is 13.7. The van der Waals surface area contributed by atoms with Crippen molar-refractivity contribution in [2.75, 3.05) is 0 Å². The molecule has 2 N–H and O–H groups in total. The average molecular weight is 324 g/mol. The molecule has 7 heteroatoms. The van der Waals surface area contributed by atoms with Crippen LogP contribution in [-0.2, 0) is 6.54 Å². The van der Waals surface area contributed by atoms with Crippen molar-refractivity contribution in [1.29, 1.82) is 0 Å². The summed E-state index contributed by atoms with van der Waals surface area (Å²) < 4.78 is 6.37. The Labute approximate surface area is 135 Å². The highest BCUT2D eigenvalue weighted by atomic mass is 32.1. The summed E-state index contributed by atoms with van der Waals surface area (Å²) in [6, 6.07) is 13.1. The van der Waals surface area contributed by atoms with Crippen molar-refractivity contribution in [3.05, 3.63) is 59.4 Å². The van der Waals surface area contributed by atoms with Crippen molar-refractivity contribution in [1.82, 2.24) is 20.5 Å². The van der Waals surface area contributed by atoms with E-state index in [0.29, 0.717) is 23.7 Å². The van der Waals surface area contributed by atoms with Gasteiger partial charge in [0.1, 0.15) is 10.7 Å². The average Bonchev–Trinajstić information content (AvgIpc) is 3.31. The molecule has 0 bridgehead atoms. The van der Waals surface area contributed by atoms with Crippen LogP contribution in [0.1, 0.15) is 15.5 Å². The molecule has 1 aromatic carbocycles. The number of furan rings is 1. The third-order valence-corrected chi connectivity index (χ3v) is 4.37. The van der Waals surface area contributed by atoms with Crippen LogP contribution >= 0.6 is 11.3 Å². The zero-order valence-corrected chi connectivity index (χ0v) is 12.8. The fourth-order valence-corrected chi connectivity index (χ4v) is 3.15. The number of nitrogens with one attached hydrogen (secondary N) is 2. The molecule has 6 nitrogen and oxygen atoms in total. The normalized spacial score (nSPS) is 11.0. The van der Waals surface area contributed by atoms with Gasteiger partial charge in [-0.05, 0) is 24.3 Å². The molecule has 0 saturated heterocycles. The van der Waals surface area contributed by atoms with Crippen LogP contribution in [0, 0.1) is 0 Å². The number of benzene rings is 1. The van der Waals surface area contributed by atoms with Gasteiger partial charge >= 0.3 is 0 Å². The first-order valence-electron chi connectivity index (χ1n) is 7.01. The molecule has 3 aromatic heterocycles. The summed E-state index contributed by atoms with van der Waals surface area (Å²) in [5, 5.41) is 10.5. The number of amides is 1. The number of aromatic amines is 1. The van der Waals surface area contributed by atoms with E-state index >= 15 is 0 Å². The maximum Gasteiger partial charge on any atom is 0.272 e. The van der Waals surface area contributed by atoms with E-state index in [1.807, 2.05) is 24.3 Å². The van der Waals surface area contributed by atoms with Gasteiger partial charge in [-0.15, -0.1) is 11.3 Å². The van der Waals surface area contributed by atoms with E-state index in [1.54, 1.807) is 35.8 Å². The zero-order chi connectivity index (χ0) is 15.6. The third-order valence-electron chi connectivity index (χ3n) is 3.34. The largest absolute Gasteiger partial charge is 0.463 e. The Balaban J connectivity index is 1.45. The summed E-state index contributed by atoms with van der Waals surface area (Å²) in [5.41, 5.74) is 1.93. The zero-order valence-electron chi connectivity index (χ0n) is 11.9. The monoisotopic (exact) mass is 324 g/mol. The number of aromatic nitrogens is 3. The summed E-state index contributed by atoms with van der Waals surface area (Å²) in [6.45, 7) is 0.376. The van der Waals surface area contributed by atoms with E-state index in [1.165, 1.54) is 0 Å². The van der Waals surface area contributed by atoms with Crippen LogP contribution in [0.4, 0.5) is 0 Å². The molecular weight excluding hydrogens is 312 g/mol. The molecule has 0 unspecified atom stereocenters. The smallest absolute Gasteiger partial charge is 0.272 e. The van der Waals surface area contributed by atoms with E-state index in [2.05, 4.69) is 20.5 Å². The van der Waals surface area contributed by atoms with E-state index in [4.69, 9.17) is 4.42 Å². The number of rotatable bonds is 4. The fraction of sp³-hybridized carbons (Fsp3) is 0.0625. The van der Waals surface area contributed by atoms with E-state index < -0.39 is 0 Å². The lowest BCUT2D eigenvalue weighted by atomic mass is 10.3. The highest BCUT2D eigenvalue weighted by Gasteiger charge is 2.13. The summed E-state index contributed by atoms with van der Waals surface area (Å²) in [6.07, 6.45) is 1.57. The van der Waals surface area contributed by atoms with Crippen molar-refractivity contribution < 1.29 is 9.21 Å². The summed E-state index contributed by atoms with van der Waals surface area (Å²) in [7, 11) is 0. The number of hydrogen-bond acceptors (Lipinski definition) is 5. The number of thiazole rings is 1. The molecule has 0 spiro atoms. The van der Waals surface area contributed by atoms with Gasteiger partial charge in [0.2, 0.25) is 0 Å². The topological polar surface area (TPSA) is 83.8 Å². The second-order valence-corrected chi connectivity index (χ2v) is 6.02. The van der Waals surface area contributed by atoms with Crippen LogP contribution in [0.2, 0.25) is 0 Å². The molecule has 3 heterocycles. The van der Waals surface area contributed by atoms with Gasteiger partial charge in [-0.25, -0.2) is 4.98 Å².